The molecule has 2 aliphatic heterocycles. The van der Waals surface area contributed by atoms with Crippen molar-refractivity contribution in [2.75, 3.05) is 19.0 Å². The number of nitrogens with one attached hydrogen (secondary N) is 1. The van der Waals surface area contributed by atoms with Crippen LogP contribution >= 0.6 is 0 Å². The van der Waals surface area contributed by atoms with E-state index in [1.54, 1.807) is 4.90 Å². The molecule has 2 fully saturated rings. The molecule has 1 aliphatic carbocycles. The second-order valence-electron chi connectivity index (χ2n) is 7.33. The van der Waals surface area contributed by atoms with Crippen molar-refractivity contribution in [1.29, 1.82) is 0 Å². The molecule has 1 unspecified atom stereocenters. The zero-order valence-corrected chi connectivity index (χ0v) is 14.3. The summed E-state index contributed by atoms with van der Waals surface area (Å²) in [6.07, 6.45) is 5.40. The predicted molar refractivity (Wildman–Crippen MR) is 90.8 cm³/mol. The molecule has 3 aliphatic rings. The summed E-state index contributed by atoms with van der Waals surface area (Å²) in [5.41, 5.74) is 2.82. The Morgan fingerprint density at radius 3 is 2.80 bits per heavy atom. The van der Waals surface area contributed by atoms with Crippen LogP contribution in [0.25, 0.3) is 0 Å². The number of amides is 2. The molecular formula is C19H22N2O4. The number of hydrogen-bond acceptors (Lipinski definition) is 4. The van der Waals surface area contributed by atoms with Crippen molar-refractivity contribution in [2.24, 2.45) is 5.41 Å². The van der Waals surface area contributed by atoms with Crippen LogP contribution in [0.4, 0.5) is 5.69 Å². The van der Waals surface area contributed by atoms with Crippen LogP contribution in [0.15, 0.2) is 18.2 Å². The molecule has 6 nitrogen and oxygen atoms in total. The van der Waals surface area contributed by atoms with Gasteiger partial charge in [-0.05, 0) is 55.7 Å². The molecule has 1 spiro atoms. The van der Waals surface area contributed by atoms with E-state index in [1.165, 1.54) is 7.11 Å². The van der Waals surface area contributed by atoms with Gasteiger partial charge >= 0.3 is 11.9 Å². The Morgan fingerprint density at radius 1 is 1.28 bits per heavy atom. The number of anilines is 1. The van der Waals surface area contributed by atoms with E-state index in [0.717, 1.165) is 55.3 Å². The SMILES string of the molecule is COC(=O)C(=O)N1CCCCC1c1ccc2c(c1)CC1(CC1)C(=O)N2. The van der Waals surface area contributed by atoms with E-state index >= 15 is 0 Å². The standard InChI is InChI=1S/C19H22N2O4/c1-25-17(23)16(22)21-9-3-2-4-15(21)12-5-6-14-13(10-12)11-19(7-8-19)18(24)20-14/h5-6,10,15H,2-4,7-9,11H2,1H3,(H,20,24). The zero-order chi connectivity index (χ0) is 17.6. The largest absolute Gasteiger partial charge is 0.462 e. The lowest BCUT2D eigenvalue weighted by Crippen LogP contribution is -2.42. The van der Waals surface area contributed by atoms with Crippen LogP contribution in [0.3, 0.4) is 0 Å². The number of piperidine rings is 1. The summed E-state index contributed by atoms with van der Waals surface area (Å²) in [6.45, 7) is 0.566. The number of rotatable bonds is 1. The predicted octanol–water partition coefficient (Wildman–Crippen LogP) is 2.19. The topological polar surface area (TPSA) is 75.7 Å². The molecule has 0 aromatic heterocycles. The van der Waals surface area contributed by atoms with Crippen molar-refractivity contribution in [2.45, 2.75) is 44.6 Å². The van der Waals surface area contributed by atoms with Crippen LogP contribution in [0.2, 0.25) is 0 Å². The second-order valence-corrected chi connectivity index (χ2v) is 7.33. The van der Waals surface area contributed by atoms with E-state index in [4.69, 9.17) is 0 Å². The minimum atomic E-state index is -0.811. The highest BCUT2D eigenvalue weighted by Gasteiger charge is 2.52. The molecule has 6 heteroatoms. The first-order valence-electron chi connectivity index (χ1n) is 8.87. The number of likely N-dealkylation sites (tertiary alicyclic amines) is 1. The lowest BCUT2D eigenvalue weighted by Gasteiger charge is -2.36. The van der Waals surface area contributed by atoms with E-state index in [-0.39, 0.29) is 17.4 Å². The average Bonchev–Trinajstić information content (AvgIpc) is 3.41. The van der Waals surface area contributed by atoms with Crippen molar-refractivity contribution in [3.63, 3.8) is 0 Å². The highest BCUT2D eigenvalue weighted by molar-refractivity contribution is 6.32. The number of fused-ring (bicyclic) bond motifs is 1. The van der Waals surface area contributed by atoms with Crippen molar-refractivity contribution >= 4 is 23.5 Å². The molecule has 2 amide bonds. The van der Waals surface area contributed by atoms with Gasteiger partial charge in [0, 0.05) is 12.2 Å². The van der Waals surface area contributed by atoms with Gasteiger partial charge in [0.05, 0.1) is 18.6 Å². The number of hydrogen-bond donors (Lipinski definition) is 1. The maximum Gasteiger partial charge on any atom is 0.396 e. The van der Waals surface area contributed by atoms with E-state index in [1.807, 2.05) is 12.1 Å². The van der Waals surface area contributed by atoms with E-state index < -0.39 is 11.9 Å². The van der Waals surface area contributed by atoms with Gasteiger partial charge in [-0.25, -0.2) is 4.79 Å². The van der Waals surface area contributed by atoms with Gasteiger partial charge in [0.2, 0.25) is 5.91 Å². The van der Waals surface area contributed by atoms with Gasteiger partial charge < -0.3 is 15.0 Å². The van der Waals surface area contributed by atoms with Gasteiger partial charge in [-0.3, -0.25) is 9.59 Å². The van der Waals surface area contributed by atoms with Crippen molar-refractivity contribution in [3.05, 3.63) is 29.3 Å². The Kier molecular flexibility index (Phi) is 3.78. The molecule has 0 radical (unpaired) electrons. The summed E-state index contributed by atoms with van der Waals surface area (Å²) >= 11 is 0. The normalized spacial score (nSPS) is 23.6. The fourth-order valence-corrected chi connectivity index (χ4v) is 4.07. The number of benzene rings is 1. The number of ether oxygens (including phenoxy) is 1. The summed E-state index contributed by atoms with van der Waals surface area (Å²) in [5, 5.41) is 3.01. The first kappa shape index (κ1) is 16.1. The van der Waals surface area contributed by atoms with Crippen molar-refractivity contribution < 1.29 is 19.1 Å². The Hall–Kier alpha value is -2.37. The lowest BCUT2D eigenvalue weighted by molar-refractivity contribution is -0.160. The molecule has 4 rings (SSSR count). The molecular weight excluding hydrogens is 320 g/mol. The van der Waals surface area contributed by atoms with Crippen molar-refractivity contribution in [1.82, 2.24) is 4.90 Å². The molecule has 25 heavy (non-hydrogen) atoms. The Morgan fingerprint density at radius 2 is 2.08 bits per heavy atom. The average molecular weight is 342 g/mol. The Balaban J connectivity index is 1.63. The number of carbonyl (C=O) groups is 3. The summed E-state index contributed by atoms with van der Waals surface area (Å²) in [4.78, 5) is 37.8. The minimum absolute atomic E-state index is 0.113. The summed E-state index contributed by atoms with van der Waals surface area (Å²) in [7, 11) is 1.23. The smallest absolute Gasteiger partial charge is 0.396 e. The van der Waals surface area contributed by atoms with Gasteiger partial charge in [0.1, 0.15) is 0 Å². The van der Waals surface area contributed by atoms with Crippen LogP contribution in [0.1, 0.15) is 49.3 Å². The van der Waals surface area contributed by atoms with Crippen LogP contribution in [-0.4, -0.2) is 36.3 Å². The summed E-state index contributed by atoms with van der Waals surface area (Å²) < 4.78 is 4.61. The van der Waals surface area contributed by atoms with Gasteiger partial charge in [0.25, 0.3) is 0 Å². The van der Waals surface area contributed by atoms with Gasteiger partial charge in [-0.1, -0.05) is 12.1 Å². The van der Waals surface area contributed by atoms with Gasteiger partial charge in [-0.15, -0.1) is 0 Å². The van der Waals surface area contributed by atoms with E-state index in [9.17, 15) is 14.4 Å². The quantitative estimate of drug-likeness (QED) is 0.627. The van der Waals surface area contributed by atoms with Gasteiger partial charge in [0.15, 0.2) is 0 Å². The van der Waals surface area contributed by atoms with Crippen molar-refractivity contribution in [3.8, 4) is 0 Å². The van der Waals surface area contributed by atoms with Gasteiger partial charge in [-0.2, -0.15) is 0 Å². The zero-order valence-electron chi connectivity index (χ0n) is 14.3. The summed E-state index contributed by atoms with van der Waals surface area (Å²) in [5.74, 6) is -1.25. The molecule has 1 atom stereocenters. The minimum Gasteiger partial charge on any atom is -0.462 e. The Bertz CT molecular complexity index is 754. The second kappa shape index (κ2) is 5.86. The maximum atomic E-state index is 12.4. The molecule has 0 bridgehead atoms. The molecule has 1 saturated carbocycles. The van der Waals surface area contributed by atoms with E-state index in [0.29, 0.717) is 6.54 Å². The third-order valence-corrected chi connectivity index (χ3v) is 5.75. The van der Waals surface area contributed by atoms with Crippen LogP contribution < -0.4 is 5.32 Å². The highest BCUT2D eigenvalue weighted by Crippen LogP contribution is 2.52. The number of esters is 1. The highest BCUT2D eigenvalue weighted by atomic mass is 16.5. The first-order valence-corrected chi connectivity index (χ1v) is 8.87. The fraction of sp³-hybridized carbons (Fsp3) is 0.526. The van der Waals surface area contributed by atoms with Crippen LogP contribution in [0, 0.1) is 5.41 Å². The van der Waals surface area contributed by atoms with Crippen LogP contribution in [0.5, 0.6) is 0 Å². The molecule has 1 N–H and O–H groups in total. The fourth-order valence-electron chi connectivity index (χ4n) is 4.07. The monoisotopic (exact) mass is 342 g/mol. The number of nitrogens with zero attached hydrogens (tertiary/aromatic N) is 1. The van der Waals surface area contributed by atoms with E-state index in [2.05, 4.69) is 16.1 Å². The first-order chi connectivity index (χ1) is 12.0. The summed E-state index contributed by atoms with van der Waals surface area (Å²) in [6, 6.07) is 5.87. The van der Waals surface area contributed by atoms with Crippen LogP contribution in [-0.2, 0) is 25.5 Å². The lowest BCUT2D eigenvalue weighted by atomic mass is 9.87. The molecule has 132 valence electrons. The number of carbonyl (C=O) groups excluding carboxylic acids is 3. The Labute approximate surface area is 146 Å². The molecule has 2 heterocycles. The number of methoxy groups -OCH3 is 1. The maximum absolute atomic E-state index is 12.4. The molecule has 1 saturated heterocycles. The molecule has 1 aromatic rings. The molecule has 1 aromatic carbocycles. The third-order valence-electron chi connectivity index (χ3n) is 5.75. The third kappa shape index (κ3) is 2.69.